The number of hydrogen-bond donors (Lipinski definition) is 2. The van der Waals surface area contributed by atoms with Gasteiger partial charge in [-0.2, -0.15) is 13.2 Å². The highest BCUT2D eigenvalue weighted by Crippen LogP contribution is 2.35. The largest absolute Gasteiger partial charge is 0.418 e. The molecule has 4 nitrogen and oxygen atoms in total. The lowest BCUT2D eigenvalue weighted by Crippen LogP contribution is -2.41. The Hall–Kier alpha value is -1.28. The first kappa shape index (κ1) is 15.1. The van der Waals surface area contributed by atoms with Crippen molar-refractivity contribution in [3.63, 3.8) is 0 Å². The van der Waals surface area contributed by atoms with E-state index in [0.29, 0.717) is 12.8 Å². The lowest BCUT2D eigenvalue weighted by atomic mass is 10.2. The molecule has 112 valence electrons. The van der Waals surface area contributed by atoms with E-state index >= 15 is 0 Å². The zero-order valence-electron chi connectivity index (χ0n) is 10.6. The third-order valence-corrected chi connectivity index (χ3v) is 4.96. The highest BCUT2D eigenvalue weighted by Gasteiger charge is 2.35. The fraction of sp³-hybridized carbons (Fsp3) is 0.500. The third kappa shape index (κ3) is 3.43. The first-order valence-electron chi connectivity index (χ1n) is 6.19. The molecule has 8 heteroatoms. The summed E-state index contributed by atoms with van der Waals surface area (Å²) in [4.78, 5) is 0. The first-order chi connectivity index (χ1) is 9.31. The fourth-order valence-corrected chi connectivity index (χ4v) is 3.61. The van der Waals surface area contributed by atoms with Crippen molar-refractivity contribution < 1.29 is 21.6 Å². The molecule has 1 aromatic rings. The van der Waals surface area contributed by atoms with E-state index in [9.17, 15) is 21.6 Å². The number of nitrogens with one attached hydrogen (secondary N) is 2. The van der Waals surface area contributed by atoms with Crippen molar-refractivity contribution in [1.82, 2.24) is 5.32 Å². The summed E-state index contributed by atoms with van der Waals surface area (Å²) in [5, 5.41) is 2.22. The average molecular weight is 308 g/mol. The molecular weight excluding hydrogens is 293 g/mol. The van der Waals surface area contributed by atoms with Crippen LogP contribution in [0.3, 0.4) is 0 Å². The van der Waals surface area contributed by atoms with E-state index in [2.05, 4.69) is 10.0 Å². The number of rotatable bonds is 3. The van der Waals surface area contributed by atoms with Crippen LogP contribution in [0.25, 0.3) is 0 Å². The van der Waals surface area contributed by atoms with Crippen LogP contribution in [0.5, 0.6) is 0 Å². The van der Waals surface area contributed by atoms with Crippen LogP contribution in [0.15, 0.2) is 24.3 Å². The minimum atomic E-state index is -4.59. The summed E-state index contributed by atoms with van der Waals surface area (Å²) in [6.07, 6.45) is -3.47. The molecular formula is C12H15F3N2O2S. The van der Waals surface area contributed by atoms with E-state index in [4.69, 9.17) is 0 Å². The number of sulfonamides is 1. The molecule has 2 rings (SSSR count). The van der Waals surface area contributed by atoms with Crippen LogP contribution in [0.4, 0.5) is 18.9 Å². The number of para-hydroxylation sites is 1. The van der Waals surface area contributed by atoms with Crippen LogP contribution in [0, 0.1) is 0 Å². The highest BCUT2D eigenvalue weighted by molar-refractivity contribution is 7.93. The second-order valence-corrected chi connectivity index (χ2v) is 6.62. The van der Waals surface area contributed by atoms with Gasteiger partial charge in [0.05, 0.1) is 16.5 Å². The molecule has 1 atom stereocenters. The number of hydrogen-bond acceptors (Lipinski definition) is 3. The van der Waals surface area contributed by atoms with Gasteiger partial charge in [0, 0.05) is 6.54 Å². The van der Waals surface area contributed by atoms with Crippen LogP contribution in [-0.4, -0.2) is 26.8 Å². The fourth-order valence-electron chi connectivity index (χ4n) is 2.14. The number of anilines is 1. The van der Waals surface area contributed by atoms with E-state index < -0.39 is 32.7 Å². The smallest absolute Gasteiger partial charge is 0.315 e. The SMILES string of the molecule is O=S(=O)(Nc1ccccc1C(F)(F)F)C1CCCNC1. The summed E-state index contributed by atoms with van der Waals surface area (Å²) in [5.41, 5.74) is -1.40. The molecule has 20 heavy (non-hydrogen) atoms. The van der Waals surface area contributed by atoms with Gasteiger partial charge in [0.2, 0.25) is 10.0 Å². The summed E-state index contributed by atoms with van der Waals surface area (Å²) in [7, 11) is -3.83. The molecule has 0 spiro atoms. The lowest BCUT2D eigenvalue weighted by Gasteiger charge is -2.24. The van der Waals surface area contributed by atoms with Crippen LogP contribution in [-0.2, 0) is 16.2 Å². The minimum Gasteiger partial charge on any atom is -0.315 e. The second kappa shape index (κ2) is 5.61. The predicted molar refractivity (Wildman–Crippen MR) is 69.9 cm³/mol. The molecule has 0 bridgehead atoms. The van der Waals surface area contributed by atoms with Gasteiger partial charge in [0.25, 0.3) is 0 Å². The predicted octanol–water partition coefficient (Wildman–Crippen LogP) is 2.20. The van der Waals surface area contributed by atoms with E-state index in [1.165, 1.54) is 12.1 Å². The Morgan fingerprint density at radius 2 is 1.95 bits per heavy atom. The molecule has 1 aromatic carbocycles. The number of piperidine rings is 1. The summed E-state index contributed by atoms with van der Waals surface area (Å²) in [6, 6.07) is 4.57. The van der Waals surface area contributed by atoms with E-state index in [1.54, 1.807) is 0 Å². The summed E-state index contributed by atoms with van der Waals surface area (Å²) >= 11 is 0. The van der Waals surface area contributed by atoms with Crippen LogP contribution in [0.1, 0.15) is 18.4 Å². The molecule has 0 amide bonds. The number of alkyl halides is 3. The average Bonchev–Trinajstić information content (AvgIpc) is 2.39. The topological polar surface area (TPSA) is 58.2 Å². The maximum absolute atomic E-state index is 12.8. The van der Waals surface area contributed by atoms with E-state index in [-0.39, 0.29) is 6.54 Å². The van der Waals surface area contributed by atoms with Crippen molar-refractivity contribution in [1.29, 1.82) is 0 Å². The standard InChI is InChI=1S/C12H15F3N2O2S/c13-12(14,15)10-5-1-2-6-11(10)17-20(18,19)9-4-3-7-16-8-9/h1-2,5-6,9,16-17H,3-4,7-8H2. The van der Waals surface area contributed by atoms with Gasteiger partial charge in [-0.15, -0.1) is 0 Å². The first-order valence-corrected chi connectivity index (χ1v) is 7.74. The summed E-state index contributed by atoms with van der Waals surface area (Å²) in [5.74, 6) is 0. The van der Waals surface area contributed by atoms with Crippen molar-refractivity contribution in [2.24, 2.45) is 0 Å². The maximum atomic E-state index is 12.8. The van der Waals surface area contributed by atoms with Crippen LogP contribution < -0.4 is 10.0 Å². The van der Waals surface area contributed by atoms with Gasteiger partial charge in [-0.25, -0.2) is 8.42 Å². The molecule has 0 radical (unpaired) electrons. The van der Waals surface area contributed by atoms with Crippen LogP contribution in [0.2, 0.25) is 0 Å². The van der Waals surface area contributed by atoms with Crippen molar-refractivity contribution in [2.45, 2.75) is 24.3 Å². The summed E-state index contributed by atoms with van der Waals surface area (Å²) in [6.45, 7) is 0.981. The molecule has 1 aliphatic heterocycles. The molecule has 1 saturated heterocycles. The van der Waals surface area contributed by atoms with Gasteiger partial charge in [-0.3, -0.25) is 4.72 Å². The van der Waals surface area contributed by atoms with Gasteiger partial charge in [-0.05, 0) is 31.5 Å². The quantitative estimate of drug-likeness (QED) is 0.900. The van der Waals surface area contributed by atoms with E-state index in [1.807, 2.05) is 0 Å². The molecule has 2 N–H and O–H groups in total. The van der Waals surface area contributed by atoms with Gasteiger partial charge >= 0.3 is 6.18 Å². The summed E-state index contributed by atoms with van der Waals surface area (Å²) < 4.78 is 64.8. The molecule has 0 aliphatic carbocycles. The monoisotopic (exact) mass is 308 g/mol. The van der Waals surface area contributed by atoms with Crippen molar-refractivity contribution >= 4 is 15.7 Å². The van der Waals surface area contributed by atoms with E-state index in [0.717, 1.165) is 18.7 Å². The zero-order chi connectivity index (χ0) is 14.8. The lowest BCUT2D eigenvalue weighted by molar-refractivity contribution is -0.136. The molecule has 1 fully saturated rings. The second-order valence-electron chi connectivity index (χ2n) is 4.66. The highest BCUT2D eigenvalue weighted by atomic mass is 32.2. The minimum absolute atomic E-state index is 0.253. The molecule has 0 aromatic heterocycles. The molecule has 1 aliphatic rings. The van der Waals surface area contributed by atoms with Gasteiger partial charge in [0.15, 0.2) is 0 Å². The van der Waals surface area contributed by atoms with Crippen molar-refractivity contribution in [3.8, 4) is 0 Å². The number of benzene rings is 1. The molecule has 1 heterocycles. The van der Waals surface area contributed by atoms with Gasteiger partial charge in [0.1, 0.15) is 0 Å². The maximum Gasteiger partial charge on any atom is 0.418 e. The Bertz CT molecular complexity index is 566. The Morgan fingerprint density at radius 1 is 1.25 bits per heavy atom. The van der Waals surface area contributed by atoms with Crippen molar-refractivity contribution in [3.05, 3.63) is 29.8 Å². The molecule has 1 unspecified atom stereocenters. The number of halogens is 3. The molecule has 0 saturated carbocycles. The Labute approximate surface area is 115 Å². The van der Waals surface area contributed by atoms with Crippen LogP contribution >= 0.6 is 0 Å². The van der Waals surface area contributed by atoms with Crippen molar-refractivity contribution in [2.75, 3.05) is 17.8 Å². The Morgan fingerprint density at radius 3 is 2.55 bits per heavy atom. The van der Waals surface area contributed by atoms with Gasteiger partial charge < -0.3 is 5.32 Å². The zero-order valence-corrected chi connectivity index (χ0v) is 11.4. The Kier molecular flexibility index (Phi) is 4.24. The third-order valence-electron chi connectivity index (χ3n) is 3.18. The van der Waals surface area contributed by atoms with Gasteiger partial charge in [-0.1, -0.05) is 12.1 Å². The normalized spacial score (nSPS) is 20.6. The Balaban J connectivity index is 2.25.